The largest absolute Gasteiger partial charge is 0.385 e. The first kappa shape index (κ1) is 13.5. The van der Waals surface area contributed by atoms with Gasteiger partial charge < -0.3 is 10.4 Å². The Balaban J connectivity index is 3.09. The van der Waals surface area contributed by atoms with Crippen LogP contribution in [0.2, 0.25) is 0 Å². The zero-order valence-electron chi connectivity index (χ0n) is 9.96. The molecule has 0 aromatic heterocycles. The third-order valence-corrected chi connectivity index (χ3v) is 3.54. The SMILES string of the molecule is C=C/C(=C\C=C\Cl)C1(O)CCNCC1(C)C. The number of halogens is 1. The van der Waals surface area contributed by atoms with E-state index in [1.807, 2.05) is 6.08 Å². The minimum atomic E-state index is -0.837. The summed E-state index contributed by atoms with van der Waals surface area (Å²) in [7, 11) is 0. The van der Waals surface area contributed by atoms with Crippen molar-refractivity contribution in [3.05, 3.63) is 35.9 Å². The number of hydrogen-bond donors (Lipinski definition) is 2. The number of piperidine rings is 1. The summed E-state index contributed by atoms with van der Waals surface area (Å²) in [5.41, 5.74) is 1.21. The molecule has 1 atom stereocenters. The van der Waals surface area contributed by atoms with Gasteiger partial charge in [-0.05, 0) is 18.5 Å². The average Bonchev–Trinajstić information content (AvgIpc) is 2.24. The molecule has 3 heteroatoms. The lowest BCUT2D eigenvalue weighted by Crippen LogP contribution is -2.56. The van der Waals surface area contributed by atoms with Crippen LogP contribution in [0, 0.1) is 5.41 Å². The van der Waals surface area contributed by atoms with E-state index < -0.39 is 5.60 Å². The minimum Gasteiger partial charge on any atom is -0.385 e. The predicted molar refractivity (Wildman–Crippen MR) is 69.5 cm³/mol. The van der Waals surface area contributed by atoms with E-state index >= 15 is 0 Å². The Morgan fingerprint density at radius 2 is 2.19 bits per heavy atom. The van der Waals surface area contributed by atoms with Crippen LogP contribution in [0.1, 0.15) is 20.3 Å². The lowest BCUT2D eigenvalue weighted by molar-refractivity contribution is -0.0537. The van der Waals surface area contributed by atoms with Gasteiger partial charge in [-0.1, -0.05) is 50.3 Å². The first-order valence-electron chi connectivity index (χ1n) is 5.51. The lowest BCUT2D eigenvalue weighted by Gasteiger charge is -2.47. The first-order valence-corrected chi connectivity index (χ1v) is 5.94. The number of hydrogen-bond acceptors (Lipinski definition) is 2. The van der Waals surface area contributed by atoms with Crippen LogP contribution in [0.3, 0.4) is 0 Å². The highest BCUT2D eigenvalue weighted by Crippen LogP contribution is 2.41. The summed E-state index contributed by atoms with van der Waals surface area (Å²) in [6, 6.07) is 0. The highest BCUT2D eigenvalue weighted by Gasteiger charge is 2.46. The molecule has 16 heavy (non-hydrogen) atoms. The van der Waals surface area contributed by atoms with E-state index in [0.717, 1.165) is 18.7 Å². The van der Waals surface area contributed by atoms with Crippen molar-refractivity contribution < 1.29 is 5.11 Å². The molecular weight excluding hydrogens is 222 g/mol. The van der Waals surface area contributed by atoms with Gasteiger partial charge in [0, 0.05) is 17.5 Å². The zero-order chi connectivity index (χ0) is 12.2. The van der Waals surface area contributed by atoms with E-state index in [1.54, 1.807) is 12.2 Å². The van der Waals surface area contributed by atoms with Crippen LogP contribution >= 0.6 is 11.6 Å². The normalized spacial score (nSPS) is 30.6. The van der Waals surface area contributed by atoms with Crippen molar-refractivity contribution in [3.8, 4) is 0 Å². The molecule has 0 aromatic rings. The topological polar surface area (TPSA) is 32.3 Å². The molecule has 0 aliphatic carbocycles. The third kappa shape index (κ3) is 2.40. The summed E-state index contributed by atoms with van der Waals surface area (Å²) in [5.74, 6) is 0. The van der Waals surface area contributed by atoms with Crippen LogP contribution in [0.15, 0.2) is 35.9 Å². The van der Waals surface area contributed by atoms with Gasteiger partial charge in [-0.25, -0.2) is 0 Å². The summed E-state index contributed by atoms with van der Waals surface area (Å²) < 4.78 is 0. The molecule has 0 saturated carbocycles. The Morgan fingerprint density at radius 3 is 2.69 bits per heavy atom. The molecule has 0 bridgehead atoms. The minimum absolute atomic E-state index is 0.217. The van der Waals surface area contributed by atoms with E-state index in [2.05, 4.69) is 25.7 Å². The van der Waals surface area contributed by atoms with Crippen LogP contribution in [-0.4, -0.2) is 23.8 Å². The van der Waals surface area contributed by atoms with Crippen molar-refractivity contribution in [2.75, 3.05) is 13.1 Å². The van der Waals surface area contributed by atoms with Crippen LogP contribution in [-0.2, 0) is 0 Å². The highest BCUT2D eigenvalue weighted by atomic mass is 35.5. The van der Waals surface area contributed by atoms with Crippen molar-refractivity contribution in [3.63, 3.8) is 0 Å². The maximum Gasteiger partial charge on any atom is 0.0971 e. The maximum absolute atomic E-state index is 10.8. The Hall–Kier alpha value is -0.570. The van der Waals surface area contributed by atoms with Gasteiger partial charge in [0.05, 0.1) is 5.60 Å². The monoisotopic (exact) mass is 241 g/mol. The number of aliphatic hydroxyl groups is 1. The molecule has 0 spiro atoms. The summed E-state index contributed by atoms with van der Waals surface area (Å²) >= 11 is 5.50. The second kappa shape index (κ2) is 5.17. The van der Waals surface area contributed by atoms with Gasteiger partial charge in [0.25, 0.3) is 0 Å². The van der Waals surface area contributed by atoms with E-state index in [-0.39, 0.29) is 5.41 Å². The lowest BCUT2D eigenvalue weighted by atomic mass is 9.66. The van der Waals surface area contributed by atoms with E-state index in [4.69, 9.17) is 11.6 Å². The summed E-state index contributed by atoms with van der Waals surface area (Å²) in [6.45, 7) is 9.49. The van der Waals surface area contributed by atoms with Crippen LogP contribution < -0.4 is 5.32 Å². The zero-order valence-corrected chi connectivity index (χ0v) is 10.7. The summed E-state index contributed by atoms with van der Waals surface area (Å²) in [5, 5.41) is 14.1. The molecule has 1 rings (SSSR count). The fraction of sp³-hybridized carbons (Fsp3) is 0.538. The molecule has 1 aliphatic heterocycles. The molecule has 1 unspecified atom stereocenters. The Morgan fingerprint density at radius 1 is 1.50 bits per heavy atom. The molecule has 1 fully saturated rings. The third-order valence-electron chi connectivity index (χ3n) is 3.40. The first-order chi connectivity index (χ1) is 7.48. The van der Waals surface area contributed by atoms with Crippen molar-refractivity contribution in [2.45, 2.75) is 25.9 Å². The number of nitrogens with one attached hydrogen (secondary N) is 1. The molecule has 0 amide bonds. The molecule has 90 valence electrons. The quantitative estimate of drug-likeness (QED) is 0.745. The fourth-order valence-corrected chi connectivity index (χ4v) is 2.28. The summed E-state index contributed by atoms with van der Waals surface area (Å²) in [6.07, 6.45) is 5.94. The van der Waals surface area contributed by atoms with Crippen LogP contribution in [0.25, 0.3) is 0 Å². The molecule has 0 aromatic carbocycles. The molecule has 1 aliphatic rings. The van der Waals surface area contributed by atoms with Crippen molar-refractivity contribution in [1.82, 2.24) is 5.32 Å². The van der Waals surface area contributed by atoms with Gasteiger partial charge in [0.2, 0.25) is 0 Å². The molecular formula is C13H20ClNO. The van der Waals surface area contributed by atoms with E-state index in [9.17, 15) is 5.11 Å². The molecule has 0 radical (unpaired) electrons. The average molecular weight is 242 g/mol. The highest BCUT2D eigenvalue weighted by molar-refractivity contribution is 6.25. The Labute approximate surface area is 103 Å². The van der Waals surface area contributed by atoms with Crippen LogP contribution in [0.4, 0.5) is 0 Å². The van der Waals surface area contributed by atoms with Crippen molar-refractivity contribution >= 4 is 11.6 Å². The molecule has 2 N–H and O–H groups in total. The maximum atomic E-state index is 10.8. The van der Waals surface area contributed by atoms with Crippen LogP contribution in [0.5, 0.6) is 0 Å². The smallest absolute Gasteiger partial charge is 0.0971 e. The van der Waals surface area contributed by atoms with Crippen molar-refractivity contribution in [1.29, 1.82) is 0 Å². The van der Waals surface area contributed by atoms with Gasteiger partial charge >= 0.3 is 0 Å². The number of rotatable bonds is 3. The Bertz CT molecular complexity index is 320. The molecule has 1 saturated heterocycles. The van der Waals surface area contributed by atoms with Gasteiger partial charge in [-0.3, -0.25) is 0 Å². The van der Waals surface area contributed by atoms with E-state index in [1.165, 1.54) is 5.54 Å². The molecule has 1 heterocycles. The predicted octanol–water partition coefficient (Wildman–Crippen LogP) is 2.60. The van der Waals surface area contributed by atoms with Gasteiger partial charge in [0.1, 0.15) is 0 Å². The van der Waals surface area contributed by atoms with E-state index in [0.29, 0.717) is 6.42 Å². The second-order valence-electron chi connectivity index (χ2n) is 4.82. The van der Waals surface area contributed by atoms with Gasteiger partial charge in [-0.15, -0.1) is 0 Å². The Kier molecular flexibility index (Phi) is 4.36. The van der Waals surface area contributed by atoms with Gasteiger partial charge in [-0.2, -0.15) is 0 Å². The summed E-state index contributed by atoms with van der Waals surface area (Å²) in [4.78, 5) is 0. The molecule has 2 nitrogen and oxygen atoms in total. The van der Waals surface area contributed by atoms with Crippen molar-refractivity contribution in [2.24, 2.45) is 5.41 Å². The second-order valence-corrected chi connectivity index (χ2v) is 5.07. The fourth-order valence-electron chi connectivity index (χ4n) is 2.20. The number of allylic oxidation sites excluding steroid dienone is 2. The standard InChI is InChI=1S/C13H20ClNO/c1-4-11(6-5-8-14)13(16)7-9-15-10-12(13,2)3/h4-6,8,15-16H,1,7,9-10H2,2-3H3/b8-5+,11-6+. The van der Waals surface area contributed by atoms with Gasteiger partial charge in [0.15, 0.2) is 0 Å².